The number of allylic oxidation sites excluding steroid dienone is 8. The van der Waals surface area contributed by atoms with Gasteiger partial charge >= 0.3 is 0 Å². The normalized spacial score (nSPS) is 40.0. The molecule has 0 aromatic rings. The second-order valence-electron chi connectivity index (χ2n) is 4.36. The number of rotatable bonds is 0. The molecule has 0 radical (unpaired) electrons. The van der Waals surface area contributed by atoms with Crippen LogP contribution in [0.4, 0.5) is 0 Å². The van der Waals surface area contributed by atoms with Crippen LogP contribution in [-0.4, -0.2) is 0 Å². The van der Waals surface area contributed by atoms with Crippen molar-refractivity contribution in [1.82, 2.24) is 0 Å². The zero-order valence-electron chi connectivity index (χ0n) is 7.74. The molecule has 0 heteroatoms. The van der Waals surface area contributed by atoms with Crippen LogP contribution in [0.1, 0.15) is 19.3 Å². The summed E-state index contributed by atoms with van der Waals surface area (Å²) in [6.07, 6.45) is 20.0. The Morgan fingerprint density at radius 1 is 1.15 bits per heavy atom. The second kappa shape index (κ2) is 2.47. The minimum atomic E-state index is 0.358. The predicted molar refractivity (Wildman–Crippen MR) is 55.3 cm³/mol. The molecule has 13 heavy (non-hydrogen) atoms. The molecule has 0 aromatic heterocycles. The van der Waals surface area contributed by atoms with Crippen LogP contribution >= 0.6 is 0 Å². The van der Waals surface area contributed by atoms with E-state index in [1.165, 1.54) is 19.3 Å². The number of hydrogen-bond acceptors (Lipinski definition) is 0. The molecule has 2 bridgehead atoms. The van der Waals surface area contributed by atoms with Crippen molar-refractivity contribution in [3.63, 3.8) is 0 Å². The molecule has 2 atom stereocenters. The van der Waals surface area contributed by atoms with E-state index in [1.54, 1.807) is 5.57 Å². The molecule has 0 nitrogen and oxygen atoms in total. The summed E-state index contributed by atoms with van der Waals surface area (Å²) in [5, 5.41) is 0. The summed E-state index contributed by atoms with van der Waals surface area (Å²) in [4.78, 5) is 0. The first kappa shape index (κ1) is 7.37. The molecule has 0 aromatic carbocycles. The number of hydrogen-bond donors (Lipinski definition) is 0. The van der Waals surface area contributed by atoms with E-state index in [4.69, 9.17) is 0 Å². The van der Waals surface area contributed by atoms with Crippen LogP contribution in [-0.2, 0) is 0 Å². The third kappa shape index (κ3) is 0.980. The van der Waals surface area contributed by atoms with Gasteiger partial charge in [0.05, 0.1) is 0 Å². The Bertz CT molecular complexity index is 341. The van der Waals surface area contributed by atoms with E-state index >= 15 is 0 Å². The van der Waals surface area contributed by atoms with Crippen molar-refractivity contribution in [2.75, 3.05) is 0 Å². The first-order valence-electron chi connectivity index (χ1n) is 5.12. The van der Waals surface area contributed by atoms with Crippen molar-refractivity contribution in [2.45, 2.75) is 19.3 Å². The SMILES string of the molecule is C1=CC2CCC3=CC=CC2(C=C1)C3. The molecule has 3 rings (SSSR count). The molecule has 0 saturated heterocycles. The van der Waals surface area contributed by atoms with E-state index in [0.29, 0.717) is 5.41 Å². The quantitative estimate of drug-likeness (QED) is 0.522. The summed E-state index contributed by atoms with van der Waals surface area (Å²) in [5.74, 6) is 0.756. The molecule has 3 aliphatic carbocycles. The topological polar surface area (TPSA) is 0 Å². The largest absolute Gasteiger partial charge is 0.0802 e. The minimum Gasteiger partial charge on any atom is -0.0802 e. The Hall–Kier alpha value is -1.04. The highest BCUT2D eigenvalue weighted by Gasteiger charge is 2.38. The lowest BCUT2D eigenvalue weighted by Crippen LogP contribution is -2.32. The molecule has 1 saturated carbocycles. The molecule has 1 spiro atoms. The maximum atomic E-state index is 2.39. The highest BCUT2D eigenvalue weighted by Crippen LogP contribution is 2.49. The molecular formula is C13H14. The smallest absolute Gasteiger partial charge is 0.0167 e. The average molecular weight is 170 g/mol. The van der Waals surface area contributed by atoms with Gasteiger partial charge in [-0.2, -0.15) is 0 Å². The van der Waals surface area contributed by atoms with Gasteiger partial charge in [0, 0.05) is 5.41 Å². The van der Waals surface area contributed by atoms with Gasteiger partial charge in [-0.3, -0.25) is 0 Å². The average Bonchev–Trinajstić information content (AvgIpc) is 2.17. The fourth-order valence-electron chi connectivity index (χ4n) is 2.86. The van der Waals surface area contributed by atoms with E-state index < -0.39 is 0 Å². The summed E-state index contributed by atoms with van der Waals surface area (Å²) in [5.41, 5.74) is 2.00. The van der Waals surface area contributed by atoms with Crippen LogP contribution in [0.2, 0.25) is 0 Å². The lowest BCUT2D eigenvalue weighted by Gasteiger charge is -2.43. The monoisotopic (exact) mass is 170 g/mol. The highest BCUT2D eigenvalue weighted by molar-refractivity contribution is 5.36. The standard InChI is InChI=1S/C13H14/c1-2-8-13-9-3-4-11(10-13)6-7-12(13)5-1/h1-5,8-9,12H,6-7,10H2. The van der Waals surface area contributed by atoms with E-state index in [0.717, 1.165) is 5.92 Å². The van der Waals surface area contributed by atoms with Crippen molar-refractivity contribution in [3.05, 3.63) is 48.1 Å². The molecule has 1 fully saturated rings. The zero-order valence-corrected chi connectivity index (χ0v) is 7.74. The lowest BCUT2D eigenvalue weighted by molar-refractivity contribution is 0.289. The number of fused-ring (bicyclic) bond motifs is 1. The van der Waals surface area contributed by atoms with Crippen LogP contribution in [0, 0.1) is 11.3 Å². The molecular weight excluding hydrogens is 156 g/mol. The third-order valence-electron chi connectivity index (χ3n) is 3.60. The van der Waals surface area contributed by atoms with Gasteiger partial charge in [0.25, 0.3) is 0 Å². The molecule has 0 aliphatic heterocycles. The third-order valence-corrected chi connectivity index (χ3v) is 3.60. The Morgan fingerprint density at radius 2 is 2.08 bits per heavy atom. The van der Waals surface area contributed by atoms with E-state index in [1.807, 2.05) is 0 Å². The van der Waals surface area contributed by atoms with Crippen molar-refractivity contribution in [2.24, 2.45) is 11.3 Å². The molecule has 3 aliphatic rings. The summed E-state index contributed by atoms with van der Waals surface area (Å²) in [6.45, 7) is 0. The maximum Gasteiger partial charge on any atom is 0.0167 e. The Balaban J connectivity index is 2.07. The van der Waals surface area contributed by atoms with Gasteiger partial charge in [-0.15, -0.1) is 0 Å². The van der Waals surface area contributed by atoms with Crippen molar-refractivity contribution in [1.29, 1.82) is 0 Å². The predicted octanol–water partition coefficient (Wildman–Crippen LogP) is 3.40. The first-order chi connectivity index (χ1) is 6.39. The maximum absolute atomic E-state index is 2.39. The van der Waals surface area contributed by atoms with Crippen LogP contribution in [0.3, 0.4) is 0 Å². The van der Waals surface area contributed by atoms with Crippen molar-refractivity contribution >= 4 is 0 Å². The Kier molecular flexibility index (Phi) is 1.40. The summed E-state index contributed by atoms with van der Waals surface area (Å²) in [7, 11) is 0. The fourth-order valence-corrected chi connectivity index (χ4v) is 2.86. The van der Waals surface area contributed by atoms with Crippen LogP contribution in [0.15, 0.2) is 48.1 Å². The Labute approximate surface area is 79.3 Å². The van der Waals surface area contributed by atoms with Crippen LogP contribution < -0.4 is 0 Å². The molecule has 2 unspecified atom stereocenters. The van der Waals surface area contributed by atoms with Gasteiger partial charge in [-0.1, -0.05) is 48.1 Å². The van der Waals surface area contributed by atoms with E-state index in [9.17, 15) is 0 Å². The van der Waals surface area contributed by atoms with Gasteiger partial charge < -0.3 is 0 Å². The summed E-state index contributed by atoms with van der Waals surface area (Å²) in [6, 6.07) is 0. The molecule has 66 valence electrons. The van der Waals surface area contributed by atoms with Crippen molar-refractivity contribution in [3.8, 4) is 0 Å². The van der Waals surface area contributed by atoms with Crippen LogP contribution in [0.25, 0.3) is 0 Å². The fraction of sp³-hybridized carbons (Fsp3) is 0.385. The van der Waals surface area contributed by atoms with E-state index in [-0.39, 0.29) is 0 Å². The van der Waals surface area contributed by atoms with Gasteiger partial charge in [0.15, 0.2) is 0 Å². The summed E-state index contributed by atoms with van der Waals surface area (Å²) >= 11 is 0. The molecule has 0 N–H and O–H groups in total. The van der Waals surface area contributed by atoms with Crippen molar-refractivity contribution < 1.29 is 0 Å². The first-order valence-corrected chi connectivity index (χ1v) is 5.12. The second-order valence-corrected chi connectivity index (χ2v) is 4.36. The van der Waals surface area contributed by atoms with Gasteiger partial charge in [0.2, 0.25) is 0 Å². The van der Waals surface area contributed by atoms with Gasteiger partial charge in [-0.25, -0.2) is 0 Å². The van der Waals surface area contributed by atoms with Gasteiger partial charge in [0.1, 0.15) is 0 Å². The minimum absolute atomic E-state index is 0.358. The Morgan fingerprint density at radius 3 is 3.08 bits per heavy atom. The molecule has 0 amide bonds. The zero-order chi connectivity index (χ0) is 8.73. The molecule has 0 heterocycles. The lowest BCUT2D eigenvalue weighted by atomic mass is 9.61. The van der Waals surface area contributed by atoms with E-state index in [2.05, 4.69) is 42.5 Å². The highest BCUT2D eigenvalue weighted by atomic mass is 14.4. The van der Waals surface area contributed by atoms with Crippen LogP contribution in [0.5, 0.6) is 0 Å². The summed E-state index contributed by atoms with van der Waals surface area (Å²) < 4.78 is 0. The van der Waals surface area contributed by atoms with Gasteiger partial charge in [-0.05, 0) is 25.2 Å².